The summed E-state index contributed by atoms with van der Waals surface area (Å²) in [4.78, 5) is 18.8. The van der Waals surface area contributed by atoms with E-state index in [4.69, 9.17) is 21.1 Å². The maximum Gasteiger partial charge on any atom is 0.236 e. The molecule has 9 heteroatoms. The number of nitrogens with one attached hydrogen (secondary N) is 2. The number of carbonyl (C=O) groups excluding carboxylic acids is 1. The van der Waals surface area contributed by atoms with Gasteiger partial charge in [0.1, 0.15) is 0 Å². The summed E-state index contributed by atoms with van der Waals surface area (Å²) in [5.74, 6) is 1.73. The zero-order chi connectivity index (χ0) is 25.3. The number of fused-ring (bicyclic) bond motifs is 1. The lowest BCUT2D eigenvalue weighted by atomic mass is 9.94. The molecule has 7 nitrogen and oxygen atoms in total. The summed E-state index contributed by atoms with van der Waals surface area (Å²) in [7, 11) is 0. The summed E-state index contributed by atoms with van der Waals surface area (Å²) in [6.07, 6.45) is 4.13. The maximum atomic E-state index is 13.4. The number of ether oxygens (including phenoxy) is 2. The fourth-order valence-electron chi connectivity index (χ4n) is 4.70. The number of anilines is 1. The number of nitrogens with zero attached hydrogens (tertiary/aromatic N) is 1. The highest BCUT2D eigenvalue weighted by Gasteiger charge is 2.52. The van der Waals surface area contributed by atoms with Gasteiger partial charge >= 0.3 is 0 Å². The van der Waals surface area contributed by atoms with E-state index in [1.54, 1.807) is 6.20 Å². The van der Waals surface area contributed by atoms with Gasteiger partial charge in [0.25, 0.3) is 0 Å². The van der Waals surface area contributed by atoms with Crippen LogP contribution in [0.4, 0.5) is 5.13 Å². The quantitative estimate of drug-likeness (QED) is 0.332. The first-order valence-electron chi connectivity index (χ1n) is 12.2. The molecule has 1 aliphatic heterocycles. The Labute approximate surface area is 219 Å². The molecule has 3 aromatic rings. The van der Waals surface area contributed by atoms with Crippen molar-refractivity contribution in [3.8, 4) is 11.5 Å². The lowest BCUT2D eigenvalue weighted by molar-refractivity contribution is -0.118. The highest BCUT2D eigenvalue weighted by molar-refractivity contribution is 7.15. The maximum absolute atomic E-state index is 13.4. The molecule has 2 heterocycles. The first-order chi connectivity index (χ1) is 17.4. The van der Waals surface area contributed by atoms with Gasteiger partial charge in [-0.05, 0) is 54.5 Å². The number of aliphatic hydroxyl groups excluding tert-OH is 1. The van der Waals surface area contributed by atoms with Crippen molar-refractivity contribution < 1.29 is 19.4 Å². The molecule has 5 rings (SSSR count). The van der Waals surface area contributed by atoms with E-state index in [9.17, 15) is 9.90 Å². The zero-order valence-electron chi connectivity index (χ0n) is 20.3. The van der Waals surface area contributed by atoms with Gasteiger partial charge in [-0.15, -0.1) is 0 Å². The summed E-state index contributed by atoms with van der Waals surface area (Å²) < 4.78 is 10.9. The average molecular weight is 528 g/mol. The van der Waals surface area contributed by atoms with Crippen LogP contribution in [0.1, 0.15) is 55.2 Å². The number of benzene rings is 2. The first kappa shape index (κ1) is 25.0. The van der Waals surface area contributed by atoms with Crippen LogP contribution < -0.4 is 20.1 Å². The molecule has 1 unspecified atom stereocenters. The lowest BCUT2D eigenvalue weighted by Gasteiger charge is -2.26. The van der Waals surface area contributed by atoms with E-state index in [1.165, 1.54) is 11.3 Å². The molecule has 190 valence electrons. The summed E-state index contributed by atoms with van der Waals surface area (Å²) in [5.41, 5.74) is 1.25. The molecule has 2 aromatic carbocycles. The standard InChI is InChI=1S/C27H30ClN3O4S/c1-16(2)11-18(14-32)30-24(19-5-3-4-6-20(19)28)23-13-29-26(36-23)31-25(33)27(9-10-27)17-7-8-21-22(12-17)35-15-34-21/h3-8,12-13,16,18,24,30,32H,9-11,14-15H2,1-2H3,(H,29,31,33)/t18-,24?/m1/s1. The van der Waals surface area contributed by atoms with E-state index in [-0.39, 0.29) is 31.4 Å². The number of amides is 1. The molecule has 0 spiro atoms. The van der Waals surface area contributed by atoms with Gasteiger partial charge in [-0.1, -0.05) is 61.1 Å². The van der Waals surface area contributed by atoms with Crippen LogP contribution in [0.15, 0.2) is 48.7 Å². The van der Waals surface area contributed by atoms with E-state index < -0.39 is 5.41 Å². The Morgan fingerprint density at radius 2 is 1.97 bits per heavy atom. The van der Waals surface area contributed by atoms with E-state index in [0.29, 0.717) is 27.6 Å². The van der Waals surface area contributed by atoms with Gasteiger partial charge in [0.2, 0.25) is 12.7 Å². The SMILES string of the molecule is CC(C)C[C@H](CO)NC(c1cnc(NC(=O)C2(c3ccc4c(c3)OCO4)CC2)s1)c1ccccc1Cl. The second kappa shape index (κ2) is 10.4. The van der Waals surface area contributed by atoms with Gasteiger partial charge in [-0.2, -0.15) is 0 Å². The van der Waals surface area contributed by atoms with Crippen molar-refractivity contribution in [1.82, 2.24) is 10.3 Å². The predicted octanol–water partition coefficient (Wildman–Crippen LogP) is 5.28. The second-order valence-corrected chi connectivity index (χ2v) is 11.3. The normalized spacial score (nSPS) is 17.1. The number of aromatic nitrogens is 1. The zero-order valence-corrected chi connectivity index (χ0v) is 21.9. The molecule has 1 aliphatic carbocycles. The molecule has 0 bridgehead atoms. The Bertz CT molecular complexity index is 1240. The van der Waals surface area contributed by atoms with Crippen LogP contribution in [0.5, 0.6) is 11.5 Å². The summed E-state index contributed by atoms with van der Waals surface area (Å²) in [6, 6.07) is 13.0. The van der Waals surface area contributed by atoms with Crippen molar-refractivity contribution in [3.63, 3.8) is 0 Å². The number of halogens is 1. The van der Waals surface area contributed by atoms with Crippen molar-refractivity contribution in [1.29, 1.82) is 0 Å². The van der Waals surface area contributed by atoms with Gasteiger partial charge in [-0.25, -0.2) is 4.98 Å². The van der Waals surface area contributed by atoms with Crippen LogP contribution >= 0.6 is 22.9 Å². The predicted molar refractivity (Wildman–Crippen MR) is 141 cm³/mol. The van der Waals surface area contributed by atoms with Crippen molar-refractivity contribution in [2.45, 2.75) is 50.6 Å². The van der Waals surface area contributed by atoms with Crippen LogP contribution in [0.25, 0.3) is 0 Å². The van der Waals surface area contributed by atoms with Crippen molar-refractivity contribution >= 4 is 34.0 Å². The van der Waals surface area contributed by atoms with Gasteiger partial charge in [0, 0.05) is 22.1 Å². The Hall–Kier alpha value is -2.65. The summed E-state index contributed by atoms with van der Waals surface area (Å²) >= 11 is 7.97. The Morgan fingerprint density at radius 1 is 1.19 bits per heavy atom. The first-order valence-corrected chi connectivity index (χ1v) is 13.4. The molecule has 36 heavy (non-hydrogen) atoms. The molecule has 1 amide bonds. The smallest absolute Gasteiger partial charge is 0.236 e. The largest absolute Gasteiger partial charge is 0.454 e. The topological polar surface area (TPSA) is 92.7 Å². The summed E-state index contributed by atoms with van der Waals surface area (Å²) in [6.45, 7) is 4.47. The van der Waals surface area contributed by atoms with Crippen molar-refractivity contribution in [2.75, 3.05) is 18.7 Å². The molecule has 3 N–H and O–H groups in total. The highest BCUT2D eigenvalue weighted by Crippen LogP contribution is 2.51. The number of thiazole rings is 1. The van der Waals surface area contributed by atoms with E-state index >= 15 is 0 Å². The van der Waals surface area contributed by atoms with Crippen LogP contribution in [-0.4, -0.2) is 35.4 Å². The minimum absolute atomic E-state index is 0.0135. The number of hydrogen-bond donors (Lipinski definition) is 3. The molecule has 0 saturated heterocycles. The molecule has 1 aromatic heterocycles. The fourth-order valence-corrected chi connectivity index (χ4v) is 5.83. The van der Waals surface area contributed by atoms with E-state index in [1.807, 2.05) is 42.5 Å². The summed E-state index contributed by atoms with van der Waals surface area (Å²) in [5, 5.41) is 17.8. The van der Waals surface area contributed by atoms with Gasteiger partial charge in [-0.3, -0.25) is 4.79 Å². The van der Waals surface area contributed by atoms with Crippen LogP contribution in [0, 0.1) is 5.92 Å². The van der Waals surface area contributed by atoms with E-state index in [2.05, 4.69) is 29.5 Å². The molecule has 1 fully saturated rings. The molecular weight excluding hydrogens is 498 g/mol. The third-order valence-corrected chi connectivity index (χ3v) is 8.06. The Balaban J connectivity index is 1.36. The number of hydrogen-bond acceptors (Lipinski definition) is 7. The fraction of sp³-hybridized carbons (Fsp3) is 0.407. The Kier molecular flexibility index (Phi) is 7.21. The second-order valence-electron chi connectivity index (χ2n) is 9.80. The lowest BCUT2D eigenvalue weighted by Crippen LogP contribution is -2.37. The van der Waals surface area contributed by atoms with Crippen LogP contribution in [0.2, 0.25) is 5.02 Å². The van der Waals surface area contributed by atoms with Gasteiger partial charge in [0.15, 0.2) is 16.6 Å². The van der Waals surface area contributed by atoms with Crippen molar-refractivity contribution in [2.24, 2.45) is 5.92 Å². The average Bonchev–Trinajstić information content (AvgIpc) is 3.32. The highest BCUT2D eigenvalue weighted by atomic mass is 35.5. The van der Waals surface area contributed by atoms with Gasteiger partial charge < -0.3 is 25.2 Å². The van der Waals surface area contributed by atoms with Crippen LogP contribution in [-0.2, 0) is 10.2 Å². The number of aliphatic hydroxyl groups is 1. The van der Waals surface area contributed by atoms with Gasteiger partial charge in [0.05, 0.1) is 18.1 Å². The number of rotatable bonds is 10. The third kappa shape index (κ3) is 5.09. The molecule has 1 saturated carbocycles. The minimum Gasteiger partial charge on any atom is -0.454 e. The monoisotopic (exact) mass is 527 g/mol. The van der Waals surface area contributed by atoms with Crippen LogP contribution in [0.3, 0.4) is 0 Å². The van der Waals surface area contributed by atoms with E-state index in [0.717, 1.165) is 35.3 Å². The minimum atomic E-state index is -0.577. The van der Waals surface area contributed by atoms with Crippen molar-refractivity contribution in [3.05, 3.63) is 69.7 Å². The molecular formula is C27H30ClN3O4S. The molecule has 0 radical (unpaired) electrons. The molecule has 2 atom stereocenters. The third-order valence-electron chi connectivity index (χ3n) is 6.73. The molecule has 2 aliphatic rings. The number of carbonyl (C=O) groups is 1. The Morgan fingerprint density at radius 3 is 2.69 bits per heavy atom.